The van der Waals surface area contributed by atoms with Crippen molar-refractivity contribution < 1.29 is 4.87 Å². The lowest BCUT2D eigenvalue weighted by atomic mass is 10.1. The summed E-state index contributed by atoms with van der Waals surface area (Å²) in [5, 5.41) is 12.0. The van der Waals surface area contributed by atoms with Crippen molar-refractivity contribution in [1.29, 1.82) is 0 Å². The molecule has 0 fully saturated rings. The van der Waals surface area contributed by atoms with Gasteiger partial charge in [0.15, 0.2) is 0 Å². The first-order chi connectivity index (χ1) is 8.72. The fourth-order valence-electron chi connectivity index (χ4n) is 1.92. The molecule has 0 aliphatic carbocycles. The van der Waals surface area contributed by atoms with Gasteiger partial charge in [-0.1, -0.05) is 58.8 Å². The topological polar surface area (TPSA) is 46.4 Å². The Balaban J connectivity index is 3.39. The molecule has 4 heteroatoms. The predicted octanol–water partition coefficient (Wildman–Crippen LogP) is 4.42. The number of rotatable bonds is 13. The van der Waals surface area contributed by atoms with Gasteiger partial charge in [-0.15, -0.1) is 0 Å². The van der Waals surface area contributed by atoms with Crippen LogP contribution in [-0.4, -0.2) is 23.1 Å². The Morgan fingerprint density at radius 2 is 1.33 bits per heavy atom. The third kappa shape index (κ3) is 10.5. The summed E-state index contributed by atoms with van der Waals surface area (Å²) in [5.74, 6) is 0. The van der Waals surface area contributed by atoms with Crippen LogP contribution >= 0.6 is 0 Å². The van der Waals surface area contributed by atoms with Crippen LogP contribution in [0, 0.1) is 10.1 Å². The van der Waals surface area contributed by atoms with Crippen molar-refractivity contribution in [2.75, 3.05) is 13.1 Å². The monoisotopic (exact) mass is 258 g/mol. The standard InChI is InChI=1S/C14H30N2O2/c1-3-5-7-9-11-13-15(17)16(18)14-12-10-8-6-4-2/h3-14H2,1-2H3. The van der Waals surface area contributed by atoms with Gasteiger partial charge < -0.3 is 5.21 Å². The zero-order valence-corrected chi connectivity index (χ0v) is 12.2. The lowest BCUT2D eigenvalue weighted by molar-refractivity contribution is -0.694. The van der Waals surface area contributed by atoms with E-state index in [2.05, 4.69) is 13.8 Å². The van der Waals surface area contributed by atoms with Gasteiger partial charge in [-0.3, -0.25) is 0 Å². The zero-order valence-electron chi connectivity index (χ0n) is 12.2. The molecule has 0 aliphatic rings. The fourth-order valence-corrected chi connectivity index (χ4v) is 1.92. The van der Waals surface area contributed by atoms with Crippen molar-refractivity contribution >= 4 is 0 Å². The smallest absolute Gasteiger partial charge is 0.224 e. The highest BCUT2D eigenvalue weighted by atomic mass is 16.6. The van der Waals surface area contributed by atoms with E-state index in [0.717, 1.165) is 25.7 Å². The molecule has 0 amide bonds. The van der Waals surface area contributed by atoms with E-state index in [0.29, 0.717) is 23.1 Å². The molecule has 0 aromatic carbocycles. The number of hydrogen-bond acceptors (Lipinski definition) is 2. The zero-order chi connectivity index (χ0) is 13.6. The van der Waals surface area contributed by atoms with Gasteiger partial charge in [0.25, 0.3) is 0 Å². The van der Waals surface area contributed by atoms with E-state index in [4.69, 9.17) is 0 Å². The molecular weight excluding hydrogens is 228 g/mol. The van der Waals surface area contributed by atoms with Gasteiger partial charge in [-0.05, 0) is 12.8 Å². The first-order valence-corrected chi connectivity index (χ1v) is 7.61. The highest BCUT2D eigenvalue weighted by Gasteiger charge is 2.09. The summed E-state index contributed by atoms with van der Waals surface area (Å²) in [6, 6.07) is 0. The third-order valence-corrected chi connectivity index (χ3v) is 3.15. The number of unbranched alkanes of at least 4 members (excludes halogenated alkanes) is 8. The molecule has 108 valence electrons. The summed E-state index contributed by atoms with van der Waals surface area (Å²) >= 11 is 0. The van der Waals surface area contributed by atoms with Crippen LogP contribution in [0.2, 0.25) is 0 Å². The second kappa shape index (κ2) is 12.8. The molecule has 0 N–H and O–H groups in total. The summed E-state index contributed by atoms with van der Waals surface area (Å²) in [7, 11) is 0. The Hall–Kier alpha value is -0.640. The van der Waals surface area contributed by atoms with Gasteiger partial charge in [0, 0.05) is 6.42 Å². The molecule has 0 radical (unpaired) electrons. The number of hydroxylamine groups is 1. The van der Waals surface area contributed by atoms with Crippen LogP contribution in [0.25, 0.3) is 0 Å². The van der Waals surface area contributed by atoms with Gasteiger partial charge in [-0.25, -0.2) is 0 Å². The van der Waals surface area contributed by atoms with Gasteiger partial charge >= 0.3 is 0 Å². The van der Waals surface area contributed by atoms with E-state index in [1.54, 1.807) is 0 Å². The molecule has 0 spiro atoms. The molecule has 0 heterocycles. The van der Waals surface area contributed by atoms with Crippen LogP contribution in [0.15, 0.2) is 0 Å². The first kappa shape index (κ1) is 17.4. The van der Waals surface area contributed by atoms with Crippen LogP contribution in [-0.2, 0) is 0 Å². The maximum atomic E-state index is 11.4. The van der Waals surface area contributed by atoms with Crippen molar-refractivity contribution in [3.05, 3.63) is 10.1 Å². The molecule has 18 heavy (non-hydrogen) atoms. The van der Waals surface area contributed by atoms with E-state index in [-0.39, 0.29) is 0 Å². The lowest BCUT2D eigenvalue weighted by Gasteiger charge is -2.18. The molecule has 0 rings (SSSR count). The molecule has 0 aromatic heterocycles. The molecule has 4 nitrogen and oxygen atoms in total. The Bertz CT molecular complexity index is 198. The summed E-state index contributed by atoms with van der Waals surface area (Å²) in [6.07, 6.45) is 10.9. The van der Waals surface area contributed by atoms with Crippen LogP contribution in [0.5, 0.6) is 0 Å². The van der Waals surface area contributed by atoms with Crippen LogP contribution < -0.4 is 0 Å². The first-order valence-electron chi connectivity index (χ1n) is 7.61. The normalized spacial score (nSPS) is 10.6. The van der Waals surface area contributed by atoms with E-state index in [1.165, 1.54) is 38.5 Å². The minimum absolute atomic E-state index is 0.349. The maximum absolute atomic E-state index is 11.4. The van der Waals surface area contributed by atoms with Gasteiger partial charge in [0.2, 0.25) is 6.54 Å². The van der Waals surface area contributed by atoms with E-state index < -0.39 is 0 Å². The predicted molar refractivity (Wildman–Crippen MR) is 76.1 cm³/mol. The Kier molecular flexibility index (Phi) is 12.4. The van der Waals surface area contributed by atoms with Crippen molar-refractivity contribution in [2.45, 2.75) is 78.1 Å². The third-order valence-electron chi connectivity index (χ3n) is 3.15. The molecule has 0 aliphatic heterocycles. The number of nitrogens with zero attached hydrogens (tertiary/aromatic N) is 2. The molecule has 0 saturated carbocycles. The summed E-state index contributed by atoms with van der Waals surface area (Å²) < 4.78 is 0. The second-order valence-corrected chi connectivity index (χ2v) is 4.98. The van der Waals surface area contributed by atoms with Crippen LogP contribution in [0.3, 0.4) is 0 Å². The minimum atomic E-state index is 0.349. The van der Waals surface area contributed by atoms with Crippen molar-refractivity contribution in [3.8, 4) is 0 Å². The average molecular weight is 258 g/mol. The van der Waals surface area contributed by atoms with Gasteiger partial charge in [0.1, 0.15) is 4.87 Å². The lowest BCUT2D eigenvalue weighted by Crippen LogP contribution is -2.29. The fraction of sp³-hybridized carbons (Fsp3) is 1.00. The molecular formula is C14H30N2O2. The minimum Gasteiger partial charge on any atom is -0.704 e. The summed E-state index contributed by atoms with van der Waals surface area (Å²) in [6.45, 7) is 5.03. The Labute approximate surface area is 112 Å². The maximum Gasteiger partial charge on any atom is 0.224 e. The average Bonchev–Trinajstić information content (AvgIpc) is 2.37. The molecule has 0 aromatic rings. The van der Waals surface area contributed by atoms with Crippen LogP contribution in [0.4, 0.5) is 0 Å². The summed E-state index contributed by atoms with van der Waals surface area (Å²) in [5.41, 5.74) is 0. The van der Waals surface area contributed by atoms with Gasteiger partial charge in [-0.2, -0.15) is 5.17 Å². The Morgan fingerprint density at radius 1 is 0.833 bits per heavy atom. The number of nitroso groups, excluding NO2 is 1. The van der Waals surface area contributed by atoms with Crippen molar-refractivity contribution in [2.24, 2.45) is 0 Å². The SMILES string of the molecule is CCCCCCCN([O-])[N+](=O)CCCCCCC. The summed E-state index contributed by atoms with van der Waals surface area (Å²) in [4.78, 5) is 12.0. The van der Waals surface area contributed by atoms with Crippen LogP contribution in [0.1, 0.15) is 78.1 Å². The number of hydrazine groups is 1. The molecule has 0 unspecified atom stereocenters. The number of hydrogen-bond donors (Lipinski definition) is 0. The van der Waals surface area contributed by atoms with E-state index in [9.17, 15) is 10.1 Å². The largest absolute Gasteiger partial charge is 0.704 e. The highest BCUT2D eigenvalue weighted by Crippen LogP contribution is 2.05. The van der Waals surface area contributed by atoms with E-state index in [1.807, 2.05) is 0 Å². The molecule has 0 bridgehead atoms. The van der Waals surface area contributed by atoms with E-state index >= 15 is 0 Å². The van der Waals surface area contributed by atoms with Crippen molar-refractivity contribution in [3.63, 3.8) is 0 Å². The van der Waals surface area contributed by atoms with Crippen molar-refractivity contribution in [1.82, 2.24) is 5.17 Å². The van der Waals surface area contributed by atoms with Gasteiger partial charge in [0.05, 0.1) is 11.5 Å². The highest BCUT2D eigenvalue weighted by molar-refractivity contribution is 4.47. The molecule has 0 saturated heterocycles. The molecule has 0 atom stereocenters. The Morgan fingerprint density at radius 3 is 1.89 bits per heavy atom. The quantitative estimate of drug-likeness (QED) is 0.279. The second-order valence-electron chi connectivity index (χ2n) is 4.98.